The number of aromatic nitrogens is 3. The molecule has 2 heterocycles. The first kappa shape index (κ1) is 19.2. The summed E-state index contributed by atoms with van der Waals surface area (Å²) in [6.45, 7) is 0. The zero-order chi connectivity index (χ0) is 42.1. The molecule has 4 heteroatoms. The van der Waals surface area contributed by atoms with E-state index in [0.29, 0.717) is 11.1 Å². The van der Waals surface area contributed by atoms with Crippen LogP contribution in [0.5, 0.6) is 0 Å². The second-order valence-electron chi connectivity index (χ2n) is 11.2. The molecule has 0 atom stereocenters. The maximum Gasteiger partial charge on any atom is 0.164 e. The van der Waals surface area contributed by atoms with E-state index in [2.05, 4.69) is 0 Å². The van der Waals surface area contributed by atoms with Gasteiger partial charge in [-0.3, -0.25) is 0 Å². The Morgan fingerprint density at radius 2 is 0.918 bits per heavy atom. The molecule has 4 nitrogen and oxygen atoms in total. The van der Waals surface area contributed by atoms with Crippen molar-refractivity contribution in [1.82, 2.24) is 15.0 Å². The van der Waals surface area contributed by atoms with Crippen LogP contribution >= 0.6 is 0 Å². The number of furan rings is 1. The maximum atomic E-state index is 9.56. The average Bonchev–Trinajstić information content (AvgIpc) is 3.69. The van der Waals surface area contributed by atoms with Gasteiger partial charge in [0.15, 0.2) is 17.5 Å². The van der Waals surface area contributed by atoms with Crippen molar-refractivity contribution in [2.45, 2.75) is 0 Å². The largest absolute Gasteiger partial charge is 0.456 e. The Hall–Kier alpha value is -6.65. The van der Waals surface area contributed by atoms with Crippen LogP contribution in [0.2, 0.25) is 0 Å². The van der Waals surface area contributed by atoms with Gasteiger partial charge in [-0.25, -0.2) is 15.0 Å². The van der Waals surface area contributed by atoms with Gasteiger partial charge < -0.3 is 4.42 Å². The molecule has 9 aromatic rings. The topological polar surface area (TPSA) is 51.8 Å². The van der Waals surface area contributed by atoms with Gasteiger partial charge in [0.25, 0.3) is 0 Å². The lowest BCUT2D eigenvalue weighted by Crippen LogP contribution is -2.00. The highest BCUT2D eigenvalue weighted by Crippen LogP contribution is 2.34. The SMILES string of the molecule is [2H]c1c([2H])c(-c2nc(-c3ccc(-c4ccccc4)cc3)nc(-c3cccc(-c4ccccc4)c3)n2)c([2H])c(-c2c([2H])c([2H])c3oc4c([2H])c([2H])c([2H])c([2H])c4c3c2[2H])c1[2H]. The van der Waals surface area contributed by atoms with Gasteiger partial charge in [0.2, 0.25) is 0 Å². The van der Waals surface area contributed by atoms with Gasteiger partial charge in [-0.2, -0.15) is 0 Å². The number of benzene rings is 7. The Morgan fingerprint density at radius 3 is 1.69 bits per heavy atom. The van der Waals surface area contributed by atoms with E-state index in [1.807, 2.05) is 109 Å². The Balaban J connectivity index is 1.30. The number of hydrogen-bond acceptors (Lipinski definition) is 4. The van der Waals surface area contributed by atoms with Crippen molar-refractivity contribution in [2.24, 2.45) is 0 Å². The van der Waals surface area contributed by atoms with Gasteiger partial charge in [-0.05, 0) is 63.6 Å². The molecule has 0 bridgehead atoms. The van der Waals surface area contributed by atoms with Gasteiger partial charge >= 0.3 is 0 Å². The van der Waals surface area contributed by atoms with Gasteiger partial charge in [0.1, 0.15) is 11.2 Å². The molecule has 230 valence electrons. The standard InChI is InChI=1S/C45H29N3O/c1-3-11-30(12-4-1)32-21-23-33(24-22-32)43-46-44(37-17-9-15-34(27-37)31-13-5-2-6-14-31)48-45(47-43)38-18-10-16-35(28-38)36-25-26-42-40(29-36)39-19-7-8-20-41(39)49-42/h1-29H/i7D,8D,10D,16D,18D,19D,20D,25D,26D,28D,29D. The third-order valence-electron chi connectivity index (χ3n) is 8.10. The lowest BCUT2D eigenvalue weighted by atomic mass is 10.0. The van der Waals surface area contributed by atoms with Crippen LogP contribution in [0.4, 0.5) is 0 Å². The fraction of sp³-hybridized carbons (Fsp3) is 0. The predicted octanol–water partition coefficient (Wildman–Crippen LogP) is 11.8. The van der Waals surface area contributed by atoms with E-state index in [1.54, 1.807) is 0 Å². The maximum absolute atomic E-state index is 9.56. The highest BCUT2D eigenvalue weighted by atomic mass is 16.3. The molecule has 0 aliphatic carbocycles. The molecule has 0 amide bonds. The van der Waals surface area contributed by atoms with E-state index in [0.717, 1.165) is 22.3 Å². The first-order valence-corrected chi connectivity index (χ1v) is 15.5. The number of hydrogen-bond donors (Lipinski definition) is 0. The Labute approximate surface area is 299 Å². The monoisotopic (exact) mass is 638 g/mol. The van der Waals surface area contributed by atoms with Crippen LogP contribution < -0.4 is 0 Å². The molecular formula is C45H29N3O. The van der Waals surface area contributed by atoms with Crippen LogP contribution in [0, 0.1) is 0 Å². The Bertz CT molecular complexity index is 3210. The smallest absolute Gasteiger partial charge is 0.164 e. The molecule has 7 aromatic carbocycles. The molecule has 0 unspecified atom stereocenters. The molecule has 2 aromatic heterocycles. The van der Waals surface area contributed by atoms with E-state index in [9.17, 15) is 2.74 Å². The summed E-state index contributed by atoms with van der Waals surface area (Å²) in [4.78, 5) is 14.4. The highest BCUT2D eigenvalue weighted by Gasteiger charge is 2.15. The van der Waals surface area contributed by atoms with E-state index >= 15 is 0 Å². The minimum atomic E-state index is -0.661. The van der Waals surface area contributed by atoms with Crippen LogP contribution in [0.3, 0.4) is 0 Å². The highest BCUT2D eigenvalue weighted by molar-refractivity contribution is 6.06. The average molecular weight is 639 g/mol. The van der Waals surface area contributed by atoms with Crippen molar-refractivity contribution in [2.75, 3.05) is 0 Å². The fourth-order valence-electron chi connectivity index (χ4n) is 5.67. The molecule has 0 aliphatic heterocycles. The number of para-hydroxylation sites is 1. The molecule has 0 fully saturated rings. The molecule has 0 radical (unpaired) electrons. The van der Waals surface area contributed by atoms with Crippen LogP contribution in [-0.2, 0) is 0 Å². The van der Waals surface area contributed by atoms with Crippen molar-refractivity contribution in [1.29, 1.82) is 0 Å². The number of fused-ring (bicyclic) bond motifs is 3. The first-order valence-electron chi connectivity index (χ1n) is 21.0. The van der Waals surface area contributed by atoms with Crippen molar-refractivity contribution < 1.29 is 19.5 Å². The molecular weight excluding hydrogens is 599 g/mol. The van der Waals surface area contributed by atoms with Gasteiger partial charge in [0, 0.05) is 27.5 Å². The van der Waals surface area contributed by atoms with Crippen molar-refractivity contribution >= 4 is 21.9 Å². The summed E-state index contributed by atoms with van der Waals surface area (Å²) in [5.41, 5.74) is 3.19. The van der Waals surface area contributed by atoms with Crippen LogP contribution in [0.25, 0.3) is 89.5 Å². The molecule has 0 saturated heterocycles. The molecule has 9 rings (SSSR count). The van der Waals surface area contributed by atoms with Crippen molar-refractivity contribution in [3.8, 4) is 67.5 Å². The van der Waals surface area contributed by atoms with E-state index in [4.69, 9.17) is 31.7 Å². The fourth-order valence-corrected chi connectivity index (χ4v) is 5.67. The van der Waals surface area contributed by atoms with E-state index < -0.39 is 77.6 Å². The predicted molar refractivity (Wildman–Crippen MR) is 200 cm³/mol. The summed E-state index contributed by atoms with van der Waals surface area (Å²) in [6.07, 6.45) is 0. The van der Waals surface area contributed by atoms with Gasteiger partial charge in [-0.1, -0.05) is 145 Å². The van der Waals surface area contributed by atoms with Crippen LogP contribution in [0.1, 0.15) is 15.1 Å². The zero-order valence-electron chi connectivity index (χ0n) is 36.6. The molecule has 49 heavy (non-hydrogen) atoms. The zero-order valence-corrected chi connectivity index (χ0v) is 25.6. The minimum Gasteiger partial charge on any atom is -0.456 e. The quantitative estimate of drug-likeness (QED) is 0.182. The molecule has 0 spiro atoms. The number of nitrogens with zero attached hydrogens (tertiary/aromatic N) is 3. The second kappa shape index (κ2) is 12.2. The summed E-state index contributed by atoms with van der Waals surface area (Å²) >= 11 is 0. The Morgan fingerprint density at radius 1 is 0.367 bits per heavy atom. The van der Waals surface area contributed by atoms with Crippen molar-refractivity contribution in [3.63, 3.8) is 0 Å². The lowest BCUT2D eigenvalue weighted by Gasteiger charge is -2.11. The summed E-state index contributed by atoms with van der Waals surface area (Å²) in [5, 5.41) is -0.406. The summed E-state index contributed by atoms with van der Waals surface area (Å²) in [7, 11) is 0. The Kier molecular flexibility index (Phi) is 4.78. The minimum absolute atomic E-state index is 0.176. The van der Waals surface area contributed by atoms with Crippen LogP contribution in [0.15, 0.2) is 180 Å². The summed E-state index contributed by atoms with van der Waals surface area (Å²) in [6, 6.07) is 28.1. The molecule has 0 saturated carbocycles. The van der Waals surface area contributed by atoms with E-state index in [1.165, 1.54) is 0 Å². The molecule has 0 N–H and O–H groups in total. The van der Waals surface area contributed by atoms with Crippen molar-refractivity contribution in [3.05, 3.63) is 176 Å². The summed E-state index contributed by atoms with van der Waals surface area (Å²) in [5.74, 6) is 0.209. The van der Waals surface area contributed by atoms with Gasteiger partial charge in [0.05, 0.1) is 15.1 Å². The first-order chi connectivity index (χ1) is 28.8. The lowest BCUT2D eigenvalue weighted by molar-refractivity contribution is 0.669. The second-order valence-corrected chi connectivity index (χ2v) is 11.2. The third kappa shape index (κ3) is 5.56. The molecule has 0 aliphatic rings. The van der Waals surface area contributed by atoms with E-state index in [-0.39, 0.29) is 45.0 Å². The summed E-state index contributed by atoms with van der Waals surface area (Å²) < 4.78 is 103. The number of rotatable bonds is 6. The van der Waals surface area contributed by atoms with Crippen LogP contribution in [-0.4, -0.2) is 15.0 Å². The third-order valence-corrected chi connectivity index (χ3v) is 8.10. The van der Waals surface area contributed by atoms with Gasteiger partial charge in [-0.15, -0.1) is 0 Å². The normalized spacial score (nSPS) is 14.4.